The third-order valence-corrected chi connectivity index (χ3v) is 4.20. The minimum absolute atomic E-state index is 0.0855. The number of hydrogen-bond acceptors (Lipinski definition) is 3. The van der Waals surface area contributed by atoms with E-state index in [2.05, 4.69) is 26.1 Å². The molecule has 110 valence electrons. The number of anilines is 1. The van der Waals surface area contributed by atoms with Crippen LogP contribution in [0.5, 0.6) is 0 Å². The van der Waals surface area contributed by atoms with Crippen molar-refractivity contribution in [3.8, 4) is 0 Å². The largest absolute Gasteiger partial charge is 0.379 e. The zero-order chi connectivity index (χ0) is 14.9. The van der Waals surface area contributed by atoms with Crippen molar-refractivity contribution < 1.29 is 9.31 Å². The topological polar surface area (TPSA) is 55.2 Å². The van der Waals surface area contributed by atoms with Crippen molar-refractivity contribution in [1.29, 1.82) is 0 Å². The van der Waals surface area contributed by atoms with Crippen LogP contribution in [0.3, 0.4) is 0 Å². The smallest absolute Gasteiger partial charge is 0.271 e. The molecule has 0 spiro atoms. The quantitative estimate of drug-likeness (QED) is 0.661. The molecule has 0 aliphatic heterocycles. The molecule has 2 atom stereocenters. The number of non-ortho nitro benzene ring substituents is 1. The highest BCUT2D eigenvalue weighted by Crippen LogP contribution is 2.39. The first kappa shape index (κ1) is 14.8. The predicted octanol–water partition coefficient (Wildman–Crippen LogP) is 4.36. The molecule has 20 heavy (non-hydrogen) atoms. The van der Waals surface area contributed by atoms with E-state index >= 15 is 0 Å². The van der Waals surface area contributed by atoms with Gasteiger partial charge in [0, 0.05) is 18.2 Å². The van der Waals surface area contributed by atoms with Gasteiger partial charge in [0.2, 0.25) is 0 Å². The van der Waals surface area contributed by atoms with Gasteiger partial charge in [0.05, 0.1) is 10.6 Å². The Hall–Kier alpha value is -1.65. The first-order valence-corrected chi connectivity index (χ1v) is 6.99. The van der Waals surface area contributed by atoms with Crippen LogP contribution in [-0.2, 0) is 0 Å². The van der Waals surface area contributed by atoms with Crippen molar-refractivity contribution >= 4 is 11.4 Å². The summed E-state index contributed by atoms with van der Waals surface area (Å²) in [6.07, 6.45) is 3.10. The summed E-state index contributed by atoms with van der Waals surface area (Å²) in [7, 11) is 0. The summed E-state index contributed by atoms with van der Waals surface area (Å²) in [6, 6.07) is 3.78. The summed E-state index contributed by atoms with van der Waals surface area (Å²) in [5.74, 6) is -0.0231. The summed E-state index contributed by atoms with van der Waals surface area (Å²) in [6.45, 7) is 6.63. The van der Waals surface area contributed by atoms with Crippen molar-refractivity contribution in [3.63, 3.8) is 0 Å². The van der Waals surface area contributed by atoms with Gasteiger partial charge in [0.15, 0.2) is 0 Å². The van der Waals surface area contributed by atoms with Gasteiger partial charge in [0.1, 0.15) is 5.82 Å². The molecule has 1 aliphatic rings. The second-order valence-electron chi connectivity index (χ2n) is 6.56. The van der Waals surface area contributed by atoms with Crippen molar-refractivity contribution in [2.24, 2.45) is 11.3 Å². The van der Waals surface area contributed by atoms with Gasteiger partial charge >= 0.3 is 0 Å². The molecule has 0 heterocycles. The number of rotatable bonds is 3. The first-order valence-electron chi connectivity index (χ1n) is 6.99. The molecule has 1 saturated carbocycles. The van der Waals surface area contributed by atoms with Gasteiger partial charge in [-0.25, -0.2) is 4.39 Å². The number of nitrogens with one attached hydrogen (secondary N) is 1. The van der Waals surface area contributed by atoms with E-state index in [1.165, 1.54) is 12.1 Å². The summed E-state index contributed by atoms with van der Waals surface area (Å²) < 4.78 is 13.8. The van der Waals surface area contributed by atoms with Crippen molar-refractivity contribution in [1.82, 2.24) is 0 Å². The fraction of sp³-hybridized carbons (Fsp3) is 0.600. The van der Waals surface area contributed by atoms with Gasteiger partial charge < -0.3 is 5.32 Å². The minimum atomic E-state index is -0.502. The summed E-state index contributed by atoms with van der Waals surface area (Å²) in [5, 5.41) is 13.9. The number of nitro groups is 1. The Bertz CT molecular complexity index is 517. The third kappa shape index (κ3) is 3.26. The van der Waals surface area contributed by atoms with Gasteiger partial charge in [-0.15, -0.1) is 0 Å². The van der Waals surface area contributed by atoms with Crippen LogP contribution in [0.2, 0.25) is 0 Å². The molecule has 4 nitrogen and oxygen atoms in total. The van der Waals surface area contributed by atoms with Gasteiger partial charge in [-0.2, -0.15) is 0 Å². The number of halogens is 1. The predicted molar refractivity (Wildman–Crippen MR) is 77.3 cm³/mol. The first-order chi connectivity index (χ1) is 9.28. The highest BCUT2D eigenvalue weighted by atomic mass is 19.1. The van der Waals surface area contributed by atoms with E-state index < -0.39 is 10.7 Å². The van der Waals surface area contributed by atoms with E-state index in [0.717, 1.165) is 25.3 Å². The number of benzene rings is 1. The second-order valence-corrected chi connectivity index (χ2v) is 6.56. The Morgan fingerprint density at radius 3 is 2.75 bits per heavy atom. The zero-order valence-electron chi connectivity index (χ0n) is 12.1. The molecule has 1 aliphatic carbocycles. The van der Waals surface area contributed by atoms with Crippen LogP contribution in [0.15, 0.2) is 18.2 Å². The summed E-state index contributed by atoms with van der Waals surface area (Å²) >= 11 is 0. The average Bonchev–Trinajstić information content (AvgIpc) is 2.34. The maximum Gasteiger partial charge on any atom is 0.271 e. The molecular weight excluding hydrogens is 259 g/mol. The lowest BCUT2D eigenvalue weighted by Gasteiger charge is -2.40. The van der Waals surface area contributed by atoms with Crippen molar-refractivity contribution in [3.05, 3.63) is 34.1 Å². The van der Waals surface area contributed by atoms with E-state index in [1.54, 1.807) is 0 Å². The lowest BCUT2D eigenvalue weighted by atomic mass is 9.70. The Labute approximate surface area is 118 Å². The molecule has 1 aromatic carbocycles. The summed E-state index contributed by atoms with van der Waals surface area (Å²) in [4.78, 5) is 10.3. The van der Waals surface area contributed by atoms with Gasteiger partial charge in [-0.05, 0) is 36.7 Å². The molecule has 0 amide bonds. The molecular formula is C15H21FN2O2. The zero-order valence-corrected chi connectivity index (χ0v) is 12.1. The average molecular weight is 280 g/mol. The van der Waals surface area contributed by atoms with E-state index in [9.17, 15) is 14.5 Å². The molecule has 0 radical (unpaired) electrons. The highest BCUT2D eigenvalue weighted by Gasteiger charge is 2.32. The van der Waals surface area contributed by atoms with Gasteiger partial charge in [0.25, 0.3) is 5.69 Å². The van der Waals surface area contributed by atoms with Crippen LogP contribution in [0.1, 0.15) is 40.0 Å². The van der Waals surface area contributed by atoms with Crippen LogP contribution >= 0.6 is 0 Å². The Kier molecular flexibility index (Phi) is 3.97. The fourth-order valence-corrected chi connectivity index (χ4v) is 3.10. The van der Waals surface area contributed by atoms with Crippen molar-refractivity contribution in [2.75, 3.05) is 5.32 Å². The van der Waals surface area contributed by atoms with Crippen molar-refractivity contribution in [2.45, 2.75) is 46.1 Å². The van der Waals surface area contributed by atoms with Crippen LogP contribution in [0, 0.1) is 27.3 Å². The Morgan fingerprint density at radius 2 is 2.15 bits per heavy atom. The lowest BCUT2D eigenvalue weighted by molar-refractivity contribution is -0.384. The Balaban J connectivity index is 2.14. The minimum Gasteiger partial charge on any atom is -0.379 e. The van der Waals surface area contributed by atoms with E-state index in [0.29, 0.717) is 11.3 Å². The lowest BCUT2D eigenvalue weighted by Crippen LogP contribution is -2.37. The molecule has 0 aromatic heterocycles. The molecule has 0 saturated heterocycles. The highest BCUT2D eigenvalue weighted by molar-refractivity contribution is 5.53. The van der Waals surface area contributed by atoms with Gasteiger partial charge in [-0.1, -0.05) is 20.8 Å². The molecule has 5 heteroatoms. The van der Waals surface area contributed by atoms with E-state index in [1.807, 2.05) is 0 Å². The molecule has 2 rings (SSSR count). The molecule has 1 N–H and O–H groups in total. The maximum atomic E-state index is 13.8. The monoisotopic (exact) mass is 280 g/mol. The van der Waals surface area contributed by atoms with Crippen LogP contribution in [-0.4, -0.2) is 11.0 Å². The Morgan fingerprint density at radius 1 is 1.45 bits per heavy atom. The maximum absolute atomic E-state index is 13.8. The molecule has 1 fully saturated rings. The van der Waals surface area contributed by atoms with Crippen LogP contribution in [0.25, 0.3) is 0 Å². The van der Waals surface area contributed by atoms with E-state index in [-0.39, 0.29) is 17.4 Å². The second kappa shape index (κ2) is 5.38. The number of nitro benzene ring substituents is 1. The standard InChI is InChI=1S/C15H21FN2O2/c1-10-9-15(2,3)7-6-13(10)17-14-8-11(18(19)20)4-5-12(14)16/h4-5,8,10,13,17H,6-7,9H2,1-3H3. The van der Waals surface area contributed by atoms with Gasteiger partial charge in [-0.3, -0.25) is 10.1 Å². The number of nitrogens with zero attached hydrogens (tertiary/aromatic N) is 1. The third-order valence-electron chi connectivity index (χ3n) is 4.20. The number of hydrogen-bond donors (Lipinski definition) is 1. The molecule has 2 unspecified atom stereocenters. The van der Waals surface area contributed by atoms with Crippen LogP contribution in [0.4, 0.5) is 15.8 Å². The van der Waals surface area contributed by atoms with Crippen LogP contribution < -0.4 is 5.32 Å². The van der Waals surface area contributed by atoms with E-state index in [4.69, 9.17) is 0 Å². The molecule has 1 aromatic rings. The normalized spacial score (nSPS) is 25.2. The molecule has 0 bridgehead atoms. The SMILES string of the molecule is CC1CC(C)(C)CCC1Nc1cc([N+](=O)[O-])ccc1F. The fourth-order valence-electron chi connectivity index (χ4n) is 3.10. The summed E-state index contributed by atoms with van der Waals surface area (Å²) in [5.41, 5.74) is 0.465.